The highest BCUT2D eigenvalue weighted by molar-refractivity contribution is 14.1. The first kappa shape index (κ1) is 27.6. The molecule has 0 aliphatic heterocycles. The molecule has 0 saturated carbocycles. The zero-order valence-corrected chi connectivity index (χ0v) is 27.9. The zero-order valence-electron chi connectivity index (χ0n) is 20.4. The van der Waals surface area contributed by atoms with E-state index in [1.807, 2.05) is 78.9 Å². The van der Waals surface area contributed by atoms with Gasteiger partial charge in [-0.1, -0.05) is 68.3 Å². The number of halogens is 4. The Kier molecular flexibility index (Phi) is 8.11. The molecule has 198 valence electrons. The second-order valence-electron chi connectivity index (χ2n) is 8.80. The molecule has 0 bridgehead atoms. The molecule has 6 aromatic rings. The van der Waals surface area contributed by atoms with Crippen LogP contribution in [0.1, 0.15) is 11.1 Å². The van der Waals surface area contributed by atoms with E-state index in [-0.39, 0.29) is 5.56 Å². The summed E-state index contributed by atoms with van der Waals surface area (Å²) in [5, 5.41) is 6.00. The fourth-order valence-electron chi connectivity index (χ4n) is 4.19. The van der Waals surface area contributed by atoms with Crippen molar-refractivity contribution in [3.05, 3.63) is 122 Å². The molecule has 0 fully saturated rings. The Balaban J connectivity index is 1.36. The monoisotopic (exact) mass is 879 g/mol. The van der Waals surface area contributed by atoms with Crippen LogP contribution in [0.15, 0.2) is 108 Å². The molecular formula is C30H17Br2I2N3O3. The van der Waals surface area contributed by atoms with Crippen molar-refractivity contribution >= 4 is 105 Å². The molecule has 40 heavy (non-hydrogen) atoms. The molecule has 6 rings (SSSR count). The number of rotatable bonds is 6. The molecule has 6 nitrogen and oxygen atoms in total. The predicted octanol–water partition coefficient (Wildman–Crippen LogP) is 9.01. The van der Waals surface area contributed by atoms with Crippen LogP contribution < -0.4 is 10.3 Å². The van der Waals surface area contributed by atoms with Gasteiger partial charge in [0.15, 0.2) is 5.76 Å². The van der Waals surface area contributed by atoms with Crippen LogP contribution in [0.5, 0.6) is 5.75 Å². The Morgan fingerprint density at radius 3 is 2.48 bits per heavy atom. The first-order chi connectivity index (χ1) is 19.4. The van der Waals surface area contributed by atoms with Gasteiger partial charge in [-0.15, -0.1) is 0 Å². The second-order valence-corrected chi connectivity index (χ2v) is 12.9. The minimum absolute atomic E-state index is 0.276. The molecule has 0 amide bonds. The number of nitrogens with zero attached hydrogens (tertiary/aromatic N) is 3. The lowest BCUT2D eigenvalue weighted by Crippen LogP contribution is -2.20. The molecule has 2 aromatic heterocycles. The van der Waals surface area contributed by atoms with Crippen molar-refractivity contribution in [2.24, 2.45) is 5.10 Å². The summed E-state index contributed by atoms with van der Waals surface area (Å²) in [6.45, 7) is 0.423. The van der Waals surface area contributed by atoms with E-state index < -0.39 is 0 Å². The van der Waals surface area contributed by atoms with Gasteiger partial charge in [-0.3, -0.25) is 4.79 Å². The van der Waals surface area contributed by atoms with Gasteiger partial charge in [0, 0.05) is 19.9 Å². The first-order valence-electron chi connectivity index (χ1n) is 12.0. The van der Waals surface area contributed by atoms with Crippen LogP contribution in [0.25, 0.3) is 33.5 Å². The molecule has 10 heteroatoms. The largest absolute Gasteiger partial charge is 0.487 e. The van der Waals surface area contributed by atoms with E-state index >= 15 is 0 Å². The van der Waals surface area contributed by atoms with Crippen molar-refractivity contribution in [3.63, 3.8) is 0 Å². The van der Waals surface area contributed by atoms with E-state index in [1.54, 1.807) is 12.3 Å². The Morgan fingerprint density at radius 2 is 1.70 bits per heavy atom. The van der Waals surface area contributed by atoms with Crippen LogP contribution in [0.2, 0.25) is 0 Å². The SMILES string of the molecule is O=c1c2ccccc2nc(-c2cc3ccccc3o2)n1N=Cc1cc(I)c(OCc2ccc(Br)cc2Br)c(I)c1. The molecule has 0 atom stereocenters. The van der Waals surface area contributed by atoms with Gasteiger partial charge in [-0.2, -0.15) is 9.78 Å². The number of hydrogen-bond donors (Lipinski definition) is 0. The highest BCUT2D eigenvalue weighted by Crippen LogP contribution is 2.31. The minimum Gasteiger partial charge on any atom is -0.487 e. The summed E-state index contributed by atoms with van der Waals surface area (Å²) in [7, 11) is 0. The summed E-state index contributed by atoms with van der Waals surface area (Å²) >= 11 is 11.6. The van der Waals surface area contributed by atoms with Crippen molar-refractivity contribution in [3.8, 4) is 17.3 Å². The van der Waals surface area contributed by atoms with Crippen molar-refractivity contribution in [2.75, 3.05) is 0 Å². The number of aromatic nitrogens is 2. The Labute approximate surface area is 273 Å². The highest BCUT2D eigenvalue weighted by Gasteiger charge is 2.17. The molecule has 0 N–H and O–H groups in total. The van der Waals surface area contributed by atoms with Gasteiger partial charge in [-0.05, 0) is 99.3 Å². The maximum Gasteiger partial charge on any atom is 0.282 e. The third-order valence-electron chi connectivity index (χ3n) is 6.13. The van der Waals surface area contributed by atoms with E-state index in [1.165, 1.54) is 4.68 Å². The van der Waals surface area contributed by atoms with E-state index in [0.717, 1.165) is 38.3 Å². The van der Waals surface area contributed by atoms with E-state index in [0.29, 0.717) is 34.7 Å². The van der Waals surface area contributed by atoms with E-state index in [2.05, 4.69) is 82.1 Å². The van der Waals surface area contributed by atoms with Crippen molar-refractivity contribution in [1.82, 2.24) is 9.66 Å². The first-order valence-corrected chi connectivity index (χ1v) is 15.7. The maximum absolute atomic E-state index is 13.6. The van der Waals surface area contributed by atoms with Crippen LogP contribution in [0.4, 0.5) is 0 Å². The molecule has 4 aromatic carbocycles. The third kappa shape index (κ3) is 5.63. The number of para-hydroxylation sites is 2. The summed E-state index contributed by atoms with van der Waals surface area (Å²) in [5.41, 5.74) is 2.88. The second kappa shape index (κ2) is 11.7. The van der Waals surface area contributed by atoms with Crippen LogP contribution in [-0.4, -0.2) is 15.9 Å². The van der Waals surface area contributed by atoms with Gasteiger partial charge in [0.25, 0.3) is 5.56 Å². The van der Waals surface area contributed by atoms with E-state index in [9.17, 15) is 4.79 Å². The average Bonchev–Trinajstić information content (AvgIpc) is 3.37. The Bertz CT molecular complexity index is 1950. The molecule has 0 aliphatic carbocycles. The number of benzene rings is 4. The maximum atomic E-state index is 13.6. The lowest BCUT2D eigenvalue weighted by molar-refractivity contribution is 0.301. The van der Waals surface area contributed by atoms with Gasteiger partial charge in [0.05, 0.1) is 24.3 Å². The standard InChI is InChI=1S/C30H17Br2I2N3O3/c31-20-10-9-19(22(32)14-20)16-39-28-23(33)11-17(12-24(28)34)15-35-37-29(27-13-18-5-1-4-8-26(18)40-27)36-25-7-3-2-6-21(25)30(37)38/h1-15H,16H2. The van der Waals surface area contributed by atoms with Crippen LogP contribution >= 0.6 is 77.0 Å². The van der Waals surface area contributed by atoms with E-state index in [4.69, 9.17) is 14.1 Å². The number of hydrogen-bond acceptors (Lipinski definition) is 5. The summed E-state index contributed by atoms with van der Waals surface area (Å²) in [6.07, 6.45) is 1.66. The Morgan fingerprint density at radius 1 is 0.950 bits per heavy atom. The number of furan rings is 1. The molecule has 0 spiro atoms. The number of ether oxygens (including phenoxy) is 1. The summed E-state index contributed by atoms with van der Waals surface area (Å²) in [6, 6.07) is 26.7. The molecular weight excluding hydrogens is 864 g/mol. The molecule has 2 heterocycles. The van der Waals surface area contributed by atoms with Gasteiger partial charge < -0.3 is 9.15 Å². The molecule has 0 unspecified atom stereocenters. The summed E-state index contributed by atoms with van der Waals surface area (Å²) in [5.74, 6) is 1.59. The normalized spacial score (nSPS) is 11.6. The Hall–Kier alpha value is -2.55. The minimum atomic E-state index is -0.276. The fraction of sp³-hybridized carbons (Fsp3) is 0.0333. The lowest BCUT2D eigenvalue weighted by atomic mass is 10.2. The quantitative estimate of drug-likeness (QED) is 0.124. The average molecular weight is 881 g/mol. The van der Waals surface area contributed by atoms with Gasteiger partial charge in [-0.25, -0.2) is 4.98 Å². The smallest absolute Gasteiger partial charge is 0.282 e. The molecule has 0 aliphatic rings. The third-order valence-corrected chi connectivity index (χ3v) is 8.96. The lowest BCUT2D eigenvalue weighted by Gasteiger charge is -2.13. The van der Waals surface area contributed by atoms with Crippen LogP contribution in [0.3, 0.4) is 0 Å². The highest BCUT2D eigenvalue weighted by atomic mass is 127. The van der Waals surface area contributed by atoms with Crippen molar-refractivity contribution in [1.29, 1.82) is 0 Å². The molecule has 0 radical (unpaired) electrons. The van der Waals surface area contributed by atoms with Crippen LogP contribution in [0, 0.1) is 7.14 Å². The predicted molar refractivity (Wildman–Crippen MR) is 182 cm³/mol. The van der Waals surface area contributed by atoms with Crippen LogP contribution in [-0.2, 0) is 6.61 Å². The topological polar surface area (TPSA) is 69.6 Å². The number of fused-ring (bicyclic) bond motifs is 2. The van der Waals surface area contributed by atoms with Crippen molar-refractivity contribution in [2.45, 2.75) is 6.61 Å². The zero-order chi connectivity index (χ0) is 27.8. The fourth-order valence-corrected chi connectivity index (χ4v) is 7.48. The van der Waals surface area contributed by atoms with Gasteiger partial charge >= 0.3 is 0 Å². The van der Waals surface area contributed by atoms with Gasteiger partial charge in [0.1, 0.15) is 17.9 Å². The van der Waals surface area contributed by atoms with Crippen molar-refractivity contribution < 1.29 is 9.15 Å². The molecule has 0 saturated heterocycles. The van der Waals surface area contributed by atoms with Gasteiger partial charge in [0.2, 0.25) is 5.82 Å². The summed E-state index contributed by atoms with van der Waals surface area (Å²) < 4.78 is 17.4. The summed E-state index contributed by atoms with van der Waals surface area (Å²) in [4.78, 5) is 18.3.